The number of carbonyl (C=O) groups is 3. The van der Waals surface area contributed by atoms with Crippen molar-refractivity contribution in [3.63, 3.8) is 0 Å². The van der Waals surface area contributed by atoms with Gasteiger partial charge in [0, 0.05) is 11.1 Å². The number of alkyl carbamates (subject to hydrolysis) is 1. The molecule has 0 aliphatic heterocycles. The molecule has 0 aromatic heterocycles. The average molecular weight is 459 g/mol. The van der Waals surface area contributed by atoms with Gasteiger partial charge in [-0.1, -0.05) is 11.8 Å². The fourth-order valence-corrected chi connectivity index (χ4v) is 2.48. The zero-order valence-corrected chi connectivity index (χ0v) is 19.6. The van der Waals surface area contributed by atoms with E-state index < -0.39 is 47.9 Å². The maximum absolute atomic E-state index is 12.7. The summed E-state index contributed by atoms with van der Waals surface area (Å²) in [5, 5.41) is 23.0. The minimum atomic E-state index is -1.23. The highest BCUT2D eigenvalue weighted by Crippen LogP contribution is 2.15. The molecule has 1 aromatic rings. The highest BCUT2D eigenvalue weighted by atomic mass is 16.6. The van der Waals surface area contributed by atoms with Crippen LogP contribution in [0.5, 0.6) is 0 Å². The van der Waals surface area contributed by atoms with E-state index in [1.807, 2.05) is 0 Å². The first-order valence-corrected chi connectivity index (χ1v) is 10.1. The molecule has 0 radical (unpaired) electrons. The Morgan fingerprint density at radius 3 is 2.18 bits per heavy atom. The standard InChI is InChI=1S/C24H30N2O7/c1-23(2,3)33-22(31)26-24(4,5)19(21(30)32-6)25-20(29)17-13-11-16(12-14-17)9-7-8-10-18(28)15-27/h11-14,18-19,27-28H,15H2,1-6H3,(H,25,29)(H,26,31)/t18-,19+/m0/s1. The van der Waals surface area contributed by atoms with Crippen molar-refractivity contribution in [1.82, 2.24) is 10.6 Å². The van der Waals surface area contributed by atoms with E-state index in [9.17, 15) is 14.4 Å². The second-order valence-electron chi connectivity index (χ2n) is 8.57. The summed E-state index contributed by atoms with van der Waals surface area (Å²) >= 11 is 0. The number of methoxy groups -OCH3 is 1. The Balaban J connectivity index is 2.96. The first-order valence-electron chi connectivity index (χ1n) is 10.1. The molecule has 1 aromatic carbocycles. The van der Waals surface area contributed by atoms with Gasteiger partial charge < -0.3 is 30.3 Å². The third-order valence-electron chi connectivity index (χ3n) is 4.09. The van der Waals surface area contributed by atoms with Crippen molar-refractivity contribution in [2.45, 2.75) is 57.9 Å². The van der Waals surface area contributed by atoms with Crippen LogP contribution in [-0.4, -0.2) is 65.2 Å². The molecule has 33 heavy (non-hydrogen) atoms. The fraction of sp³-hybridized carbons (Fsp3) is 0.458. The van der Waals surface area contributed by atoms with Gasteiger partial charge in [-0.3, -0.25) is 4.79 Å². The number of rotatable bonds is 6. The Hall–Kier alpha value is -3.53. The Bertz CT molecular complexity index is 971. The lowest BCUT2D eigenvalue weighted by atomic mass is 9.94. The average Bonchev–Trinajstić information content (AvgIpc) is 2.72. The Kier molecular flexibility index (Phi) is 9.93. The molecule has 0 aliphatic rings. The SMILES string of the molecule is COC(=O)[C@@H](NC(=O)c1ccc(C#CC#C[C@H](O)CO)cc1)C(C)(C)NC(=O)OC(C)(C)C. The van der Waals surface area contributed by atoms with Gasteiger partial charge in [-0.05, 0) is 70.7 Å². The van der Waals surface area contributed by atoms with Crippen molar-refractivity contribution >= 4 is 18.0 Å². The molecule has 0 bridgehead atoms. The van der Waals surface area contributed by atoms with E-state index in [-0.39, 0.29) is 5.56 Å². The molecule has 0 spiro atoms. The molecule has 1 rings (SSSR count). The van der Waals surface area contributed by atoms with E-state index in [0.717, 1.165) is 0 Å². The smallest absolute Gasteiger partial charge is 0.408 e. The van der Waals surface area contributed by atoms with Gasteiger partial charge in [-0.2, -0.15) is 0 Å². The predicted octanol–water partition coefficient (Wildman–Crippen LogP) is 0.969. The van der Waals surface area contributed by atoms with Gasteiger partial charge in [0.2, 0.25) is 0 Å². The number of hydrogen-bond acceptors (Lipinski definition) is 7. The third-order valence-corrected chi connectivity index (χ3v) is 4.09. The van der Waals surface area contributed by atoms with Crippen LogP contribution in [-0.2, 0) is 14.3 Å². The molecular formula is C24H30N2O7. The molecule has 0 saturated carbocycles. The number of aliphatic hydroxyl groups excluding tert-OH is 2. The number of ether oxygens (including phenoxy) is 2. The number of carbonyl (C=O) groups excluding carboxylic acids is 3. The molecule has 9 nitrogen and oxygen atoms in total. The highest BCUT2D eigenvalue weighted by Gasteiger charge is 2.39. The number of hydrogen-bond donors (Lipinski definition) is 4. The molecular weight excluding hydrogens is 428 g/mol. The molecule has 178 valence electrons. The summed E-state index contributed by atoms with van der Waals surface area (Å²) in [6, 6.07) is 5.00. The van der Waals surface area contributed by atoms with Crippen LogP contribution in [0.15, 0.2) is 24.3 Å². The predicted molar refractivity (Wildman–Crippen MR) is 121 cm³/mol. The zero-order valence-electron chi connectivity index (χ0n) is 19.6. The lowest BCUT2D eigenvalue weighted by molar-refractivity contribution is -0.144. The first kappa shape index (κ1) is 27.5. The molecule has 9 heteroatoms. The summed E-state index contributed by atoms with van der Waals surface area (Å²) < 4.78 is 10.0. The minimum Gasteiger partial charge on any atom is -0.467 e. The van der Waals surface area contributed by atoms with E-state index in [1.165, 1.54) is 19.2 Å². The van der Waals surface area contributed by atoms with E-state index in [1.54, 1.807) is 46.8 Å². The van der Waals surface area contributed by atoms with Crippen LogP contribution >= 0.6 is 0 Å². The van der Waals surface area contributed by atoms with Crippen molar-refractivity contribution in [1.29, 1.82) is 0 Å². The van der Waals surface area contributed by atoms with Crippen LogP contribution in [0.3, 0.4) is 0 Å². The van der Waals surface area contributed by atoms with Crippen LogP contribution in [0.1, 0.15) is 50.5 Å². The fourth-order valence-electron chi connectivity index (χ4n) is 2.48. The summed E-state index contributed by atoms with van der Waals surface area (Å²) in [5.74, 6) is 8.73. The minimum absolute atomic E-state index is 0.254. The molecule has 0 aliphatic carbocycles. The third kappa shape index (κ3) is 9.65. The highest BCUT2D eigenvalue weighted by molar-refractivity contribution is 5.97. The maximum atomic E-state index is 12.7. The summed E-state index contributed by atoms with van der Waals surface area (Å²) in [7, 11) is 1.18. The Labute approximate surface area is 193 Å². The molecule has 0 unspecified atom stereocenters. The van der Waals surface area contributed by atoms with Crippen LogP contribution in [0, 0.1) is 23.7 Å². The largest absolute Gasteiger partial charge is 0.467 e. The zero-order chi connectivity index (χ0) is 25.2. The Morgan fingerprint density at radius 1 is 1.06 bits per heavy atom. The van der Waals surface area contributed by atoms with E-state index in [2.05, 4.69) is 34.3 Å². The van der Waals surface area contributed by atoms with Crippen molar-refractivity contribution in [2.75, 3.05) is 13.7 Å². The maximum Gasteiger partial charge on any atom is 0.408 e. The molecule has 0 saturated heterocycles. The number of benzene rings is 1. The van der Waals surface area contributed by atoms with Gasteiger partial charge in [0.1, 0.15) is 17.7 Å². The molecule has 4 N–H and O–H groups in total. The van der Waals surface area contributed by atoms with Gasteiger partial charge in [-0.15, -0.1) is 0 Å². The second kappa shape index (κ2) is 11.9. The number of aliphatic hydroxyl groups is 2. The van der Waals surface area contributed by atoms with Crippen molar-refractivity contribution in [2.24, 2.45) is 0 Å². The topological polar surface area (TPSA) is 134 Å². The van der Waals surface area contributed by atoms with Crippen molar-refractivity contribution in [3.8, 4) is 23.7 Å². The molecule has 2 atom stereocenters. The summed E-state index contributed by atoms with van der Waals surface area (Å²) in [5.41, 5.74) is -1.15. The van der Waals surface area contributed by atoms with E-state index in [4.69, 9.17) is 19.7 Å². The van der Waals surface area contributed by atoms with Crippen LogP contribution < -0.4 is 10.6 Å². The van der Waals surface area contributed by atoms with Crippen LogP contribution in [0.2, 0.25) is 0 Å². The van der Waals surface area contributed by atoms with Gasteiger partial charge >= 0.3 is 12.1 Å². The molecule has 0 fully saturated rings. The number of amides is 2. The van der Waals surface area contributed by atoms with E-state index >= 15 is 0 Å². The lowest BCUT2D eigenvalue weighted by Crippen LogP contribution is -2.62. The van der Waals surface area contributed by atoms with Crippen LogP contribution in [0.25, 0.3) is 0 Å². The quantitative estimate of drug-likeness (QED) is 0.369. The van der Waals surface area contributed by atoms with Crippen LogP contribution in [0.4, 0.5) is 4.79 Å². The van der Waals surface area contributed by atoms with Gasteiger partial charge in [0.15, 0.2) is 0 Å². The van der Waals surface area contributed by atoms with Gasteiger partial charge in [0.25, 0.3) is 5.91 Å². The first-order chi connectivity index (χ1) is 15.3. The van der Waals surface area contributed by atoms with Gasteiger partial charge in [-0.25, -0.2) is 9.59 Å². The lowest BCUT2D eigenvalue weighted by Gasteiger charge is -2.34. The molecule has 2 amide bonds. The summed E-state index contributed by atoms with van der Waals surface area (Å²) in [6.45, 7) is 7.77. The number of nitrogens with one attached hydrogen (secondary N) is 2. The second-order valence-corrected chi connectivity index (χ2v) is 8.57. The normalized spacial score (nSPS) is 12.6. The monoisotopic (exact) mass is 458 g/mol. The Morgan fingerprint density at radius 2 is 1.67 bits per heavy atom. The summed E-state index contributed by atoms with van der Waals surface area (Å²) in [4.78, 5) is 37.3. The van der Waals surface area contributed by atoms with Crippen molar-refractivity contribution < 1.29 is 34.1 Å². The van der Waals surface area contributed by atoms with E-state index in [0.29, 0.717) is 5.56 Å². The number of esters is 1. The summed E-state index contributed by atoms with van der Waals surface area (Å²) in [6.07, 6.45) is -1.89. The molecule has 0 heterocycles. The van der Waals surface area contributed by atoms with Crippen molar-refractivity contribution in [3.05, 3.63) is 35.4 Å². The van der Waals surface area contributed by atoms with Gasteiger partial charge in [0.05, 0.1) is 19.3 Å².